The molecule has 1 heterocycles. The van der Waals surface area contributed by atoms with E-state index >= 15 is 0 Å². The van der Waals surface area contributed by atoms with E-state index in [9.17, 15) is 4.79 Å². The SMILES string of the molecule is CCOC(=O)C(CSc1nc(C)co1)(NC)C1CC1. The first-order valence-corrected chi connectivity index (χ1v) is 7.52. The summed E-state index contributed by atoms with van der Waals surface area (Å²) >= 11 is 1.45. The van der Waals surface area contributed by atoms with Crippen molar-refractivity contribution in [3.8, 4) is 0 Å². The Morgan fingerprint density at radius 2 is 2.42 bits per heavy atom. The molecule has 0 bridgehead atoms. The molecule has 106 valence electrons. The van der Waals surface area contributed by atoms with E-state index in [-0.39, 0.29) is 5.97 Å². The van der Waals surface area contributed by atoms with Crippen LogP contribution >= 0.6 is 11.8 Å². The molecule has 5 nitrogen and oxygen atoms in total. The van der Waals surface area contributed by atoms with Crippen molar-refractivity contribution < 1.29 is 13.9 Å². The molecule has 1 fully saturated rings. The van der Waals surface area contributed by atoms with Crippen LogP contribution in [-0.4, -0.2) is 35.9 Å². The van der Waals surface area contributed by atoms with Gasteiger partial charge in [-0.2, -0.15) is 0 Å². The van der Waals surface area contributed by atoms with E-state index in [1.165, 1.54) is 11.8 Å². The number of esters is 1. The average molecular weight is 284 g/mol. The third-order valence-corrected chi connectivity index (χ3v) is 4.42. The van der Waals surface area contributed by atoms with Gasteiger partial charge >= 0.3 is 5.97 Å². The largest absolute Gasteiger partial charge is 0.465 e. The third kappa shape index (κ3) is 3.12. The van der Waals surface area contributed by atoms with E-state index in [1.54, 1.807) is 6.26 Å². The second-order valence-electron chi connectivity index (χ2n) is 4.76. The van der Waals surface area contributed by atoms with Crippen LogP contribution in [0.15, 0.2) is 15.9 Å². The van der Waals surface area contributed by atoms with E-state index in [2.05, 4.69) is 10.3 Å². The zero-order chi connectivity index (χ0) is 13.9. The van der Waals surface area contributed by atoms with Crippen LogP contribution in [0.2, 0.25) is 0 Å². The molecule has 19 heavy (non-hydrogen) atoms. The van der Waals surface area contributed by atoms with Gasteiger partial charge < -0.3 is 14.5 Å². The first-order valence-electron chi connectivity index (χ1n) is 6.53. The summed E-state index contributed by atoms with van der Waals surface area (Å²) in [7, 11) is 1.82. The number of likely N-dealkylation sites (N-methyl/N-ethyl adjacent to an activating group) is 1. The second-order valence-corrected chi connectivity index (χ2v) is 5.69. The van der Waals surface area contributed by atoms with Crippen molar-refractivity contribution in [2.75, 3.05) is 19.4 Å². The number of hydrogen-bond acceptors (Lipinski definition) is 6. The number of nitrogens with zero attached hydrogens (tertiary/aromatic N) is 1. The first-order chi connectivity index (χ1) is 9.12. The highest BCUT2D eigenvalue weighted by atomic mass is 32.2. The minimum atomic E-state index is -0.622. The maximum atomic E-state index is 12.3. The number of aryl methyl sites for hydroxylation is 1. The summed E-state index contributed by atoms with van der Waals surface area (Å²) in [4.78, 5) is 16.5. The van der Waals surface area contributed by atoms with Crippen LogP contribution in [0.5, 0.6) is 0 Å². The van der Waals surface area contributed by atoms with Crippen LogP contribution in [-0.2, 0) is 9.53 Å². The molecule has 1 unspecified atom stereocenters. The molecule has 1 aromatic rings. The zero-order valence-corrected chi connectivity index (χ0v) is 12.4. The number of nitrogens with one attached hydrogen (secondary N) is 1. The lowest BCUT2D eigenvalue weighted by molar-refractivity contribution is -0.150. The summed E-state index contributed by atoms with van der Waals surface area (Å²) in [6, 6.07) is 0. The van der Waals surface area contributed by atoms with Crippen LogP contribution in [0.3, 0.4) is 0 Å². The van der Waals surface area contributed by atoms with E-state index < -0.39 is 5.54 Å². The lowest BCUT2D eigenvalue weighted by atomic mass is 9.96. The zero-order valence-electron chi connectivity index (χ0n) is 11.6. The maximum Gasteiger partial charge on any atom is 0.327 e. The lowest BCUT2D eigenvalue weighted by Crippen LogP contribution is -2.55. The highest BCUT2D eigenvalue weighted by Crippen LogP contribution is 2.42. The molecule has 1 saturated carbocycles. The molecule has 0 saturated heterocycles. The number of hydrogen-bond donors (Lipinski definition) is 1. The summed E-state index contributed by atoms with van der Waals surface area (Å²) in [5, 5.41) is 3.77. The number of ether oxygens (including phenoxy) is 1. The first kappa shape index (κ1) is 14.4. The topological polar surface area (TPSA) is 64.4 Å². The summed E-state index contributed by atoms with van der Waals surface area (Å²) < 4.78 is 10.5. The van der Waals surface area contributed by atoms with Gasteiger partial charge in [0.25, 0.3) is 5.22 Å². The van der Waals surface area contributed by atoms with Crippen molar-refractivity contribution in [2.45, 2.75) is 37.5 Å². The van der Waals surface area contributed by atoms with Crippen LogP contribution in [0, 0.1) is 12.8 Å². The van der Waals surface area contributed by atoms with Crippen LogP contribution in [0.25, 0.3) is 0 Å². The van der Waals surface area contributed by atoms with Crippen molar-refractivity contribution in [3.63, 3.8) is 0 Å². The molecule has 0 spiro atoms. The van der Waals surface area contributed by atoms with Gasteiger partial charge in [-0.15, -0.1) is 0 Å². The Bertz CT molecular complexity index is 445. The lowest BCUT2D eigenvalue weighted by Gasteiger charge is -2.30. The number of carbonyl (C=O) groups is 1. The highest BCUT2D eigenvalue weighted by molar-refractivity contribution is 7.99. The Morgan fingerprint density at radius 3 is 2.89 bits per heavy atom. The number of thioether (sulfide) groups is 1. The van der Waals surface area contributed by atoms with Crippen molar-refractivity contribution in [2.24, 2.45) is 5.92 Å². The van der Waals surface area contributed by atoms with Crippen molar-refractivity contribution in [1.29, 1.82) is 0 Å². The Labute approximate surface area is 117 Å². The Balaban J connectivity index is 2.07. The van der Waals surface area contributed by atoms with E-state index in [1.807, 2.05) is 20.9 Å². The third-order valence-electron chi connectivity index (χ3n) is 3.38. The van der Waals surface area contributed by atoms with Crippen molar-refractivity contribution >= 4 is 17.7 Å². The molecular formula is C13H20N2O3S. The van der Waals surface area contributed by atoms with Crippen LogP contribution in [0.1, 0.15) is 25.5 Å². The fourth-order valence-electron chi connectivity index (χ4n) is 2.13. The molecule has 1 aliphatic carbocycles. The van der Waals surface area contributed by atoms with E-state index in [4.69, 9.17) is 9.15 Å². The Morgan fingerprint density at radius 1 is 1.68 bits per heavy atom. The fraction of sp³-hybridized carbons (Fsp3) is 0.692. The minimum absolute atomic E-state index is 0.171. The monoisotopic (exact) mass is 284 g/mol. The van der Waals surface area contributed by atoms with Gasteiger partial charge in [-0.05, 0) is 39.7 Å². The van der Waals surface area contributed by atoms with Gasteiger partial charge in [0.15, 0.2) is 0 Å². The van der Waals surface area contributed by atoms with Gasteiger partial charge in [-0.25, -0.2) is 4.98 Å². The average Bonchev–Trinajstić information content (AvgIpc) is 3.15. The molecular weight excluding hydrogens is 264 g/mol. The molecule has 6 heteroatoms. The normalized spacial score (nSPS) is 18.1. The van der Waals surface area contributed by atoms with E-state index in [0.717, 1.165) is 18.5 Å². The number of oxazole rings is 1. The van der Waals surface area contributed by atoms with Gasteiger partial charge in [0, 0.05) is 5.75 Å². The predicted octanol–water partition coefficient (Wildman–Crippen LogP) is 2.01. The molecule has 1 N–H and O–H groups in total. The molecule has 0 aliphatic heterocycles. The molecule has 0 amide bonds. The van der Waals surface area contributed by atoms with E-state index in [0.29, 0.717) is 23.5 Å². The van der Waals surface area contributed by atoms with Gasteiger partial charge in [-0.1, -0.05) is 11.8 Å². The summed E-state index contributed by atoms with van der Waals surface area (Å²) in [6.07, 6.45) is 3.74. The number of carbonyl (C=O) groups excluding carboxylic acids is 1. The van der Waals surface area contributed by atoms with Gasteiger partial charge in [0.1, 0.15) is 11.8 Å². The molecule has 1 atom stereocenters. The maximum absolute atomic E-state index is 12.3. The molecule has 1 aliphatic rings. The van der Waals surface area contributed by atoms with Gasteiger partial charge in [0.2, 0.25) is 0 Å². The summed E-state index contributed by atoms with van der Waals surface area (Å²) in [6.45, 7) is 4.11. The Kier molecular flexibility index (Phi) is 4.52. The minimum Gasteiger partial charge on any atom is -0.465 e. The molecule has 0 aromatic carbocycles. The summed E-state index contributed by atoms with van der Waals surface area (Å²) in [5.41, 5.74) is 0.225. The smallest absolute Gasteiger partial charge is 0.327 e. The van der Waals surface area contributed by atoms with Crippen molar-refractivity contribution in [1.82, 2.24) is 10.3 Å². The molecule has 2 rings (SSSR count). The number of aromatic nitrogens is 1. The fourth-order valence-corrected chi connectivity index (χ4v) is 3.31. The van der Waals surface area contributed by atoms with Crippen LogP contribution < -0.4 is 5.32 Å². The van der Waals surface area contributed by atoms with Crippen molar-refractivity contribution in [3.05, 3.63) is 12.0 Å². The van der Waals surface area contributed by atoms with Gasteiger partial charge in [0.05, 0.1) is 12.3 Å². The number of rotatable bonds is 7. The summed E-state index contributed by atoms with van der Waals surface area (Å²) in [5.74, 6) is 0.753. The standard InChI is InChI=1S/C13H20N2O3S/c1-4-17-11(16)13(14-3,10-5-6-10)8-19-12-15-9(2)7-18-12/h7,10,14H,4-6,8H2,1-3H3. The Hall–Kier alpha value is -1.01. The molecule has 1 aromatic heterocycles. The molecule has 0 radical (unpaired) electrons. The predicted molar refractivity (Wildman–Crippen MR) is 73.1 cm³/mol. The van der Waals surface area contributed by atoms with Gasteiger partial charge in [-0.3, -0.25) is 4.79 Å². The second kappa shape index (κ2) is 5.96. The quantitative estimate of drug-likeness (QED) is 0.610. The highest BCUT2D eigenvalue weighted by Gasteiger charge is 2.51. The van der Waals surface area contributed by atoms with Crippen LogP contribution in [0.4, 0.5) is 0 Å².